The number of carbonyl (C=O) groups excluding carboxylic acids is 1. The first kappa shape index (κ1) is 13.7. The summed E-state index contributed by atoms with van der Waals surface area (Å²) in [5, 5.41) is 11.5. The highest BCUT2D eigenvalue weighted by Crippen LogP contribution is 2.26. The van der Waals surface area contributed by atoms with E-state index in [0.29, 0.717) is 6.04 Å². The molecule has 0 aromatic carbocycles. The second-order valence-corrected chi connectivity index (χ2v) is 5.99. The van der Waals surface area contributed by atoms with Gasteiger partial charge >= 0.3 is 5.97 Å². The zero-order valence-corrected chi connectivity index (χ0v) is 11.2. The van der Waals surface area contributed by atoms with Crippen LogP contribution < -0.4 is 5.32 Å². The number of fused-ring (bicyclic) bond motifs is 1. The maximum atomic E-state index is 11.6. The molecule has 6 heteroatoms. The lowest BCUT2D eigenvalue weighted by molar-refractivity contribution is -0.133. The molecule has 2 aliphatic heterocycles. The third kappa shape index (κ3) is 3.88. The largest absolute Gasteiger partial charge is 0.481 e. The van der Waals surface area contributed by atoms with E-state index in [-0.39, 0.29) is 23.5 Å². The van der Waals surface area contributed by atoms with Gasteiger partial charge in [-0.15, -0.1) is 11.8 Å². The second kappa shape index (κ2) is 6.43. The summed E-state index contributed by atoms with van der Waals surface area (Å²) >= 11 is 1.16. The molecule has 1 amide bonds. The van der Waals surface area contributed by atoms with Crippen LogP contribution in [-0.2, 0) is 9.59 Å². The number of aliphatic carboxylic acids is 1. The lowest BCUT2D eigenvalue weighted by atomic mass is 9.98. The normalized spacial score (nSPS) is 27.8. The molecule has 0 saturated carbocycles. The molecule has 2 fully saturated rings. The Labute approximate surface area is 111 Å². The zero-order valence-electron chi connectivity index (χ0n) is 10.4. The third-order valence-corrected chi connectivity index (χ3v) is 4.56. The van der Waals surface area contributed by atoms with Gasteiger partial charge in [0.25, 0.3) is 0 Å². The van der Waals surface area contributed by atoms with Gasteiger partial charge in [-0.05, 0) is 32.2 Å². The van der Waals surface area contributed by atoms with Crippen molar-refractivity contribution in [1.29, 1.82) is 0 Å². The molecule has 0 spiro atoms. The fraction of sp³-hybridized carbons (Fsp3) is 0.833. The van der Waals surface area contributed by atoms with Crippen molar-refractivity contribution in [1.82, 2.24) is 10.2 Å². The highest BCUT2D eigenvalue weighted by atomic mass is 32.2. The molecule has 2 aliphatic rings. The van der Waals surface area contributed by atoms with Gasteiger partial charge in [-0.2, -0.15) is 0 Å². The van der Waals surface area contributed by atoms with E-state index < -0.39 is 5.97 Å². The van der Waals surface area contributed by atoms with Crippen LogP contribution in [0.15, 0.2) is 0 Å². The molecule has 0 aromatic rings. The van der Waals surface area contributed by atoms with E-state index in [1.165, 1.54) is 19.4 Å². The molecule has 0 aliphatic carbocycles. The van der Waals surface area contributed by atoms with E-state index in [1.54, 1.807) is 0 Å². The molecule has 2 saturated heterocycles. The van der Waals surface area contributed by atoms with E-state index in [0.717, 1.165) is 31.1 Å². The summed E-state index contributed by atoms with van der Waals surface area (Å²) < 4.78 is 0. The topological polar surface area (TPSA) is 69.6 Å². The van der Waals surface area contributed by atoms with Crippen LogP contribution in [0.4, 0.5) is 0 Å². The van der Waals surface area contributed by atoms with Crippen LogP contribution >= 0.6 is 11.8 Å². The predicted molar refractivity (Wildman–Crippen MR) is 70.7 cm³/mol. The molecule has 18 heavy (non-hydrogen) atoms. The number of hydrogen-bond acceptors (Lipinski definition) is 4. The first-order valence-electron chi connectivity index (χ1n) is 6.48. The van der Waals surface area contributed by atoms with Crippen LogP contribution in [0.5, 0.6) is 0 Å². The van der Waals surface area contributed by atoms with E-state index in [2.05, 4.69) is 10.2 Å². The number of carboxylic acids is 1. The van der Waals surface area contributed by atoms with E-state index in [4.69, 9.17) is 5.11 Å². The van der Waals surface area contributed by atoms with Crippen molar-refractivity contribution < 1.29 is 14.7 Å². The quantitative estimate of drug-likeness (QED) is 0.765. The van der Waals surface area contributed by atoms with Crippen LogP contribution in [0, 0.1) is 0 Å². The zero-order chi connectivity index (χ0) is 13.0. The van der Waals surface area contributed by atoms with Gasteiger partial charge in [0.05, 0.1) is 11.5 Å². The van der Waals surface area contributed by atoms with E-state index in [9.17, 15) is 9.59 Å². The summed E-state index contributed by atoms with van der Waals surface area (Å²) in [7, 11) is 0. The van der Waals surface area contributed by atoms with Gasteiger partial charge in [-0.3, -0.25) is 9.59 Å². The number of nitrogens with zero attached hydrogens (tertiary/aromatic N) is 1. The summed E-state index contributed by atoms with van der Waals surface area (Å²) in [6.45, 7) is 2.29. The number of nitrogens with one attached hydrogen (secondary N) is 1. The Bertz CT molecular complexity index is 324. The number of amides is 1. The molecule has 5 nitrogen and oxygen atoms in total. The Morgan fingerprint density at radius 3 is 2.89 bits per heavy atom. The van der Waals surface area contributed by atoms with Crippen molar-refractivity contribution in [3.8, 4) is 0 Å². The van der Waals surface area contributed by atoms with Gasteiger partial charge in [-0.1, -0.05) is 0 Å². The van der Waals surface area contributed by atoms with Crippen molar-refractivity contribution in [2.24, 2.45) is 0 Å². The van der Waals surface area contributed by atoms with Crippen LogP contribution in [0.25, 0.3) is 0 Å². The smallest absolute Gasteiger partial charge is 0.313 e. The van der Waals surface area contributed by atoms with Crippen LogP contribution in [0.2, 0.25) is 0 Å². The Morgan fingerprint density at radius 2 is 2.11 bits per heavy atom. The Kier molecular flexibility index (Phi) is 4.88. The predicted octanol–water partition coefficient (Wildman–Crippen LogP) is 0.547. The summed E-state index contributed by atoms with van der Waals surface area (Å²) in [6, 6.07) is 0.929. The number of thioether (sulfide) groups is 1. The molecule has 2 rings (SSSR count). The lowest BCUT2D eigenvalue weighted by Gasteiger charge is -2.35. The average molecular weight is 272 g/mol. The summed E-state index contributed by atoms with van der Waals surface area (Å²) in [5.74, 6) is -0.657. The number of carboxylic acid groups (broad SMARTS) is 1. The van der Waals surface area contributed by atoms with Crippen molar-refractivity contribution in [2.75, 3.05) is 24.6 Å². The number of hydrogen-bond donors (Lipinski definition) is 2. The summed E-state index contributed by atoms with van der Waals surface area (Å²) in [5.41, 5.74) is 0. The first-order chi connectivity index (χ1) is 8.65. The van der Waals surface area contributed by atoms with Crippen LogP contribution in [-0.4, -0.2) is 58.6 Å². The van der Waals surface area contributed by atoms with Gasteiger partial charge in [-0.25, -0.2) is 0 Å². The van der Waals surface area contributed by atoms with Crippen molar-refractivity contribution in [3.63, 3.8) is 0 Å². The molecule has 2 unspecified atom stereocenters. The van der Waals surface area contributed by atoms with Gasteiger partial charge in [0, 0.05) is 18.6 Å². The molecule has 2 heterocycles. The summed E-state index contributed by atoms with van der Waals surface area (Å²) in [6.07, 6.45) is 4.60. The number of piperidine rings is 1. The second-order valence-electron chi connectivity index (χ2n) is 5.01. The van der Waals surface area contributed by atoms with Crippen molar-refractivity contribution >= 4 is 23.6 Å². The van der Waals surface area contributed by atoms with Gasteiger partial charge in [0.15, 0.2) is 0 Å². The lowest BCUT2D eigenvalue weighted by Crippen LogP contribution is -2.47. The minimum atomic E-state index is -0.868. The van der Waals surface area contributed by atoms with Gasteiger partial charge in [0.1, 0.15) is 0 Å². The Hall–Kier alpha value is -0.750. The van der Waals surface area contributed by atoms with Crippen LogP contribution in [0.3, 0.4) is 0 Å². The Balaban J connectivity index is 1.66. The minimum Gasteiger partial charge on any atom is -0.481 e. The monoisotopic (exact) mass is 272 g/mol. The van der Waals surface area contributed by atoms with Gasteiger partial charge in [0.2, 0.25) is 5.91 Å². The summed E-state index contributed by atoms with van der Waals surface area (Å²) in [4.78, 5) is 24.5. The fourth-order valence-electron chi connectivity index (χ4n) is 2.86. The molecular weight excluding hydrogens is 252 g/mol. The number of rotatable bonds is 5. The first-order valence-corrected chi connectivity index (χ1v) is 7.63. The minimum absolute atomic E-state index is 0.00547. The SMILES string of the molecule is O=C(O)CSCC(=O)NC1CCN2CCCC2C1. The highest BCUT2D eigenvalue weighted by Gasteiger charge is 2.32. The van der Waals surface area contributed by atoms with Gasteiger partial charge < -0.3 is 15.3 Å². The Morgan fingerprint density at radius 1 is 1.28 bits per heavy atom. The molecule has 2 atom stereocenters. The maximum Gasteiger partial charge on any atom is 0.313 e. The molecule has 0 aromatic heterocycles. The number of carbonyl (C=O) groups is 2. The fourth-order valence-corrected chi connectivity index (χ4v) is 3.40. The van der Waals surface area contributed by atoms with Crippen molar-refractivity contribution in [3.05, 3.63) is 0 Å². The average Bonchev–Trinajstić information content (AvgIpc) is 2.75. The van der Waals surface area contributed by atoms with Crippen LogP contribution in [0.1, 0.15) is 25.7 Å². The molecule has 2 N–H and O–H groups in total. The van der Waals surface area contributed by atoms with E-state index in [1.807, 2.05) is 0 Å². The highest BCUT2D eigenvalue weighted by molar-refractivity contribution is 8.00. The molecule has 0 bridgehead atoms. The molecule has 0 radical (unpaired) electrons. The van der Waals surface area contributed by atoms with E-state index >= 15 is 0 Å². The standard InChI is InChI=1S/C12H20N2O3S/c15-11(7-18-8-12(16)17)13-9-3-5-14-4-1-2-10(14)6-9/h9-10H,1-8H2,(H,13,15)(H,16,17). The third-order valence-electron chi connectivity index (χ3n) is 3.64. The van der Waals surface area contributed by atoms with Crippen molar-refractivity contribution in [2.45, 2.75) is 37.8 Å². The molecular formula is C12H20N2O3S. The maximum absolute atomic E-state index is 11.6. The molecule has 102 valence electrons.